The van der Waals surface area contributed by atoms with E-state index in [2.05, 4.69) is 24.3 Å². The van der Waals surface area contributed by atoms with Crippen LogP contribution in [0.2, 0.25) is 0 Å². The van der Waals surface area contributed by atoms with Crippen LogP contribution in [0.5, 0.6) is 17.2 Å². The quantitative estimate of drug-likeness (QED) is 0.527. The lowest BCUT2D eigenvalue weighted by Gasteiger charge is -2.33. The smallest absolute Gasteiger partial charge is 0.257 e. The number of aromatic nitrogens is 1. The van der Waals surface area contributed by atoms with Gasteiger partial charge in [-0.1, -0.05) is 12.1 Å². The van der Waals surface area contributed by atoms with Crippen LogP contribution >= 0.6 is 0 Å². The normalized spacial score (nSPS) is 15.8. The highest BCUT2D eigenvalue weighted by molar-refractivity contribution is 5.97. The number of carbonyl (C=O) groups excluding carboxylic acids is 1. The van der Waals surface area contributed by atoms with Crippen LogP contribution in [0.15, 0.2) is 54.6 Å². The lowest BCUT2D eigenvalue weighted by atomic mass is 9.91. The van der Waals surface area contributed by atoms with Crippen molar-refractivity contribution in [2.45, 2.75) is 25.7 Å². The fourth-order valence-corrected chi connectivity index (χ4v) is 4.40. The molecule has 1 fully saturated rings. The Labute approximate surface area is 195 Å². The van der Waals surface area contributed by atoms with Gasteiger partial charge in [-0.15, -0.1) is 0 Å². The van der Waals surface area contributed by atoms with Crippen LogP contribution in [0.4, 0.5) is 0 Å². The van der Waals surface area contributed by atoms with Crippen LogP contribution in [0.1, 0.15) is 40.5 Å². The predicted octanol–water partition coefficient (Wildman–Crippen LogP) is 5.10. The number of hydrogen-bond acceptors (Lipinski definition) is 5. The molecule has 33 heavy (non-hydrogen) atoms. The molecule has 1 aliphatic rings. The molecule has 0 aliphatic carbocycles. The fourth-order valence-electron chi connectivity index (χ4n) is 4.40. The summed E-state index contributed by atoms with van der Waals surface area (Å²) in [6.07, 6.45) is 1.93. The maximum atomic E-state index is 13.3. The topological polar surface area (TPSA) is 60.9 Å². The molecule has 0 N–H and O–H groups in total. The number of likely N-dealkylation sites (tertiary alicyclic amines) is 1. The first-order chi connectivity index (χ1) is 16.0. The van der Waals surface area contributed by atoms with Gasteiger partial charge in [0.2, 0.25) is 0 Å². The summed E-state index contributed by atoms with van der Waals surface area (Å²) in [5.74, 6) is 2.18. The molecule has 1 aliphatic heterocycles. The van der Waals surface area contributed by atoms with Gasteiger partial charge in [-0.05, 0) is 67.3 Å². The zero-order valence-electron chi connectivity index (χ0n) is 19.6. The number of aryl methyl sites for hydroxylation is 1. The third kappa shape index (κ3) is 4.95. The van der Waals surface area contributed by atoms with E-state index in [4.69, 9.17) is 19.2 Å². The van der Waals surface area contributed by atoms with Gasteiger partial charge in [-0.3, -0.25) is 9.78 Å². The Kier molecular flexibility index (Phi) is 6.82. The number of nitrogens with zero attached hydrogens (tertiary/aromatic N) is 2. The summed E-state index contributed by atoms with van der Waals surface area (Å²) in [5.41, 5.74) is 4.79. The van der Waals surface area contributed by atoms with Crippen molar-refractivity contribution >= 4 is 5.91 Å². The van der Waals surface area contributed by atoms with E-state index in [-0.39, 0.29) is 11.8 Å². The van der Waals surface area contributed by atoms with Gasteiger partial charge >= 0.3 is 0 Å². The zero-order valence-corrected chi connectivity index (χ0v) is 19.6. The van der Waals surface area contributed by atoms with Crippen molar-refractivity contribution < 1.29 is 19.0 Å². The van der Waals surface area contributed by atoms with E-state index < -0.39 is 0 Å². The number of amides is 1. The highest BCUT2D eigenvalue weighted by atomic mass is 16.5. The van der Waals surface area contributed by atoms with Gasteiger partial charge < -0.3 is 19.1 Å². The number of pyridine rings is 1. The molecule has 1 saturated heterocycles. The largest absolute Gasteiger partial charge is 0.497 e. The molecule has 1 aromatic heterocycles. The molecule has 0 unspecified atom stereocenters. The second-order valence-corrected chi connectivity index (χ2v) is 8.31. The number of hydrogen-bond donors (Lipinski definition) is 0. The van der Waals surface area contributed by atoms with E-state index in [0.29, 0.717) is 23.6 Å². The maximum absolute atomic E-state index is 13.3. The summed E-state index contributed by atoms with van der Waals surface area (Å²) in [7, 11) is 4.84. The van der Waals surface area contributed by atoms with Gasteiger partial charge in [0.05, 0.1) is 26.9 Å². The molecule has 1 atom stereocenters. The minimum absolute atomic E-state index is 0.0257. The lowest BCUT2D eigenvalue weighted by molar-refractivity contribution is 0.0702. The Morgan fingerprint density at radius 3 is 2.33 bits per heavy atom. The second-order valence-electron chi connectivity index (χ2n) is 8.31. The number of rotatable bonds is 6. The molecule has 6 nitrogen and oxygen atoms in total. The molecule has 1 amide bonds. The van der Waals surface area contributed by atoms with Crippen LogP contribution in [0, 0.1) is 6.92 Å². The number of carbonyl (C=O) groups is 1. The Bertz CT molecular complexity index is 1130. The third-order valence-corrected chi connectivity index (χ3v) is 6.16. The van der Waals surface area contributed by atoms with Crippen LogP contribution in [0.3, 0.4) is 0 Å². The summed E-state index contributed by atoms with van der Waals surface area (Å²) in [6.45, 7) is 3.37. The number of methoxy groups -OCH3 is 3. The average Bonchev–Trinajstić information content (AvgIpc) is 2.87. The molecule has 6 heteroatoms. The van der Waals surface area contributed by atoms with Crippen molar-refractivity contribution in [1.82, 2.24) is 9.88 Å². The zero-order chi connectivity index (χ0) is 23.4. The van der Waals surface area contributed by atoms with E-state index in [1.165, 1.54) is 0 Å². The molecular formula is C27H30N2O4. The first-order valence-electron chi connectivity index (χ1n) is 11.2. The van der Waals surface area contributed by atoms with Crippen molar-refractivity contribution in [2.24, 2.45) is 0 Å². The number of piperidine rings is 1. The predicted molar refractivity (Wildman–Crippen MR) is 128 cm³/mol. The average molecular weight is 447 g/mol. The first kappa shape index (κ1) is 22.6. The van der Waals surface area contributed by atoms with Gasteiger partial charge in [0.1, 0.15) is 17.2 Å². The van der Waals surface area contributed by atoms with Crippen molar-refractivity contribution in [3.8, 4) is 28.4 Å². The van der Waals surface area contributed by atoms with E-state index in [1.54, 1.807) is 39.5 Å². The van der Waals surface area contributed by atoms with Gasteiger partial charge in [-0.25, -0.2) is 0 Å². The molecule has 2 aromatic carbocycles. The second kappa shape index (κ2) is 9.94. The summed E-state index contributed by atoms with van der Waals surface area (Å²) >= 11 is 0. The first-order valence-corrected chi connectivity index (χ1v) is 11.2. The van der Waals surface area contributed by atoms with Gasteiger partial charge in [0, 0.05) is 36.5 Å². The van der Waals surface area contributed by atoms with E-state index >= 15 is 0 Å². The fraction of sp³-hybridized carbons (Fsp3) is 0.333. The molecule has 3 aromatic rings. The van der Waals surface area contributed by atoms with Crippen molar-refractivity contribution in [2.75, 3.05) is 34.4 Å². The van der Waals surface area contributed by atoms with E-state index in [9.17, 15) is 4.79 Å². The Hall–Kier alpha value is -3.54. The Balaban J connectivity index is 1.57. The summed E-state index contributed by atoms with van der Waals surface area (Å²) in [5, 5.41) is 0. The molecule has 0 saturated carbocycles. The van der Waals surface area contributed by atoms with E-state index in [0.717, 1.165) is 47.7 Å². The van der Waals surface area contributed by atoms with Crippen LogP contribution < -0.4 is 14.2 Å². The van der Waals surface area contributed by atoms with Crippen LogP contribution in [0.25, 0.3) is 11.1 Å². The minimum Gasteiger partial charge on any atom is -0.497 e. The molecule has 2 heterocycles. The number of ether oxygens (including phenoxy) is 3. The van der Waals surface area contributed by atoms with E-state index in [1.807, 2.05) is 24.0 Å². The van der Waals surface area contributed by atoms with Gasteiger partial charge in [0.25, 0.3) is 5.91 Å². The Morgan fingerprint density at radius 1 is 0.909 bits per heavy atom. The van der Waals surface area contributed by atoms with Crippen molar-refractivity contribution in [3.05, 3.63) is 71.5 Å². The molecule has 172 valence electrons. The van der Waals surface area contributed by atoms with Crippen LogP contribution in [-0.4, -0.2) is 50.2 Å². The lowest BCUT2D eigenvalue weighted by Crippen LogP contribution is -2.39. The van der Waals surface area contributed by atoms with Crippen molar-refractivity contribution in [1.29, 1.82) is 0 Å². The molecular weight excluding hydrogens is 416 g/mol. The summed E-state index contributed by atoms with van der Waals surface area (Å²) in [4.78, 5) is 20.1. The monoisotopic (exact) mass is 446 g/mol. The maximum Gasteiger partial charge on any atom is 0.257 e. The molecule has 4 rings (SSSR count). The highest BCUT2D eigenvalue weighted by Crippen LogP contribution is 2.32. The molecule has 0 bridgehead atoms. The van der Waals surface area contributed by atoms with Crippen molar-refractivity contribution in [3.63, 3.8) is 0 Å². The van der Waals surface area contributed by atoms with Crippen LogP contribution in [-0.2, 0) is 0 Å². The Morgan fingerprint density at radius 2 is 1.64 bits per heavy atom. The summed E-state index contributed by atoms with van der Waals surface area (Å²) < 4.78 is 16.0. The SMILES string of the molecule is COc1ccc(-c2cc(C)nc([C@H]3CCCN(C(=O)c4ccc(OC)cc4OC)C3)c2)cc1. The van der Waals surface area contributed by atoms with Gasteiger partial charge in [-0.2, -0.15) is 0 Å². The molecule has 0 radical (unpaired) electrons. The standard InChI is InChI=1S/C27H30N2O4/c1-18-14-21(19-7-9-22(31-2)10-8-19)15-25(28-18)20-6-5-13-29(17-20)27(30)24-12-11-23(32-3)16-26(24)33-4/h7-12,14-16,20H,5-6,13,17H2,1-4H3/t20-/m0/s1. The summed E-state index contributed by atoms with van der Waals surface area (Å²) in [6, 6.07) is 17.6. The third-order valence-electron chi connectivity index (χ3n) is 6.16. The highest BCUT2D eigenvalue weighted by Gasteiger charge is 2.28. The number of benzene rings is 2. The minimum atomic E-state index is -0.0257. The molecule has 0 spiro atoms. The van der Waals surface area contributed by atoms with Gasteiger partial charge in [0.15, 0.2) is 0 Å².